The minimum Gasteiger partial charge on any atom is -0.444 e. The molecule has 1 atom stereocenters. The number of ether oxygens (including phenoxy) is 1. The second-order valence-electron chi connectivity index (χ2n) is 7.28. The first-order valence-corrected chi connectivity index (χ1v) is 8.49. The summed E-state index contributed by atoms with van der Waals surface area (Å²) in [5, 5.41) is 3.42. The van der Waals surface area contributed by atoms with E-state index in [1.165, 1.54) is 5.56 Å². The average Bonchev–Trinajstić information content (AvgIpc) is 2.94. The van der Waals surface area contributed by atoms with Crippen LogP contribution < -0.4 is 5.32 Å². The number of fused-ring (bicyclic) bond motifs is 1. The van der Waals surface area contributed by atoms with E-state index in [0.29, 0.717) is 13.1 Å². The van der Waals surface area contributed by atoms with Crippen LogP contribution in [-0.2, 0) is 11.3 Å². The highest BCUT2D eigenvalue weighted by atomic mass is 16.6. The lowest BCUT2D eigenvalue weighted by molar-refractivity contribution is 0.0137. The van der Waals surface area contributed by atoms with Crippen molar-refractivity contribution in [1.82, 2.24) is 15.1 Å². The van der Waals surface area contributed by atoms with E-state index in [4.69, 9.17) is 4.74 Å². The van der Waals surface area contributed by atoms with E-state index >= 15 is 0 Å². The third-order valence-electron chi connectivity index (χ3n) is 4.15. The molecule has 2 aliphatic heterocycles. The second kappa shape index (κ2) is 6.71. The highest BCUT2D eigenvalue weighted by Crippen LogP contribution is 2.18. The molecule has 1 aromatic carbocycles. The zero-order valence-electron chi connectivity index (χ0n) is 14.7. The van der Waals surface area contributed by atoms with Crippen LogP contribution in [0.5, 0.6) is 0 Å². The van der Waals surface area contributed by atoms with Gasteiger partial charge in [-0.1, -0.05) is 30.3 Å². The van der Waals surface area contributed by atoms with Crippen molar-refractivity contribution in [3.63, 3.8) is 0 Å². The minimum atomic E-state index is -0.456. The van der Waals surface area contributed by atoms with E-state index in [2.05, 4.69) is 27.3 Å². The molecule has 2 heterocycles. The number of hydrogen-bond acceptors (Lipinski definition) is 5. The monoisotopic (exact) mass is 330 g/mol. The van der Waals surface area contributed by atoms with E-state index in [1.807, 2.05) is 39.0 Å². The number of carbonyl (C=O) groups is 1. The number of carbonyl (C=O) groups excluding carboxylic acids is 1. The number of aliphatic imine (C=N–C) groups is 1. The van der Waals surface area contributed by atoms with Crippen molar-refractivity contribution in [3.8, 4) is 0 Å². The molecule has 6 heteroatoms. The van der Waals surface area contributed by atoms with E-state index in [0.717, 1.165) is 25.6 Å². The van der Waals surface area contributed by atoms with Gasteiger partial charge in [-0.3, -0.25) is 4.99 Å². The molecule has 130 valence electrons. The zero-order valence-corrected chi connectivity index (χ0v) is 14.7. The lowest BCUT2D eigenvalue weighted by atomic mass is 10.2. The Bertz CT molecular complexity index is 609. The first-order valence-electron chi connectivity index (χ1n) is 8.49. The molecule has 1 amide bonds. The van der Waals surface area contributed by atoms with Gasteiger partial charge in [0.15, 0.2) is 5.96 Å². The van der Waals surface area contributed by atoms with Crippen molar-refractivity contribution in [1.29, 1.82) is 0 Å². The summed E-state index contributed by atoms with van der Waals surface area (Å²) in [5.41, 5.74) is 0.777. The van der Waals surface area contributed by atoms with Gasteiger partial charge in [0.1, 0.15) is 5.60 Å². The summed E-state index contributed by atoms with van der Waals surface area (Å²) < 4.78 is 5.47. The first kappa shape index (κ1) is 16.6. The third kappa shape index (κ3) is 3.99. The van der Waals surface area contributed by atoms with E-state index < -0.39 is 5.60 Å². The third-order valence-corrected chi connectivity index (χ3v) is 4.15. The molecule has 0 bridgehead atoms. The molecule has 1 N–H and O–H groups in total. The van der Waals surface area contributed by atoms with Crippen LogP contribution in [-0.4, -0.2) is 59.7 Å². The van der Waals surface area contributed by atoms with Crippen molar-refractivity contribution >= 4 is 12.1 Å². The molecule has 0 aromatic heterocycles. The number of rotatable bonds is 2. The number of nitrogens with zero attached hydrogens (tertiary/aromatic N) is 3. The molecule has 1 fully saturated rings. The first-order chi connectivity index (χ1) is 11.4. The van der Waals surface area contributed by atoms with Crippen LogP contribution in [0.1, 0.15) is 26.3 Å². The summed E-state index contributed by atoms with van der Waals surface area (Å²) in [6, 6.07) is 10.5. The largest absolute Gasteiger partial charge is 0.444 e. The molecule has 24 heavy (non-hydrogen) atoms. The molecular formula is C18H26N4O2. The molecule has 0 saturated carbocycles. The minimum absolute atomic E-state index is 0.229. The van der Waals surface area contributed by atoms with Gasteiger partial charge in [-0.05, 0) is 26.3 Å². The van der Waals surface area contributed by atoms with Gasteiger partial charge < -0.3 is 19.9 Å². The van der Waals surface area contributed by atoms with Gasteiger partial charge in [0.2, 0.25) is 0 Å². The van der Waals surface area contributed by atoms with Gasteiger partial charge in [0, 0.05) is 26.2 Å². The van der Waals surface area contributed by atoms with Crippen molar-refractivity contribution in [2.75, 3.05) is 26.2 Å². The van der Waals surface area contributed by atoms with Crippen LogP contribution in [0, 0.1) is 0 Å². The van der Waals surface area contributed by atoms with Crippen LogP contribution >= 0.6 is 0 Å². The standard InChI is InChI=1S/C18H26N4O2/c1-18(2,3)24-17(23)21-9-10-22-15(13-21)12-20-16(22)19-11-14-7-5-4-6-8-14/h4-8,15H,9-13H2,1-3H3,(H,19,20). The fourth-order valence-corrected chi connectivity index (χ4v) is 3.00. The van der Waals surface area contributed by atoms with Gasteiger partial charge in [-0.2, -0.15) is 0 Å². The lowest BCUT2D eigenvalue weighted by Crippen LogP contribution is -2.57. The highest BCUT2D eigenvalue weighted by molar-refractivity contribution is 5.82. The molecule has 1 unspecified atom stereocenters. The molecule has 0 radical (unpaired) electrons. The number of piperazine rings is 1. The predicted octanol–water partition coefficient (Wildman–Crippen LogP) is 2.07. The number of benzene rings is 1. The number of nitrogens with one attached hydrogen (secondary N) is 1. The Balaban J connectivity index is 1.52. The Labute approximate surface area is 143 Å². The van der Waals surface area contributed by atoms with Crippen LogP contribution in [0.15, 0.2) is 35.3 Å². The van der Waals surface area contributed by atoms with E-state index in [9.17, 15) is 4.79 Å². The predicted molar refractivity (Wildman–Crippen MR) is 93.9 cm³/mol. The lowest BCUT2D eigenvalue weighted by Gasteiger charge is -2.39. The van der Waals surface area contributed by atoms with Gasteiger partial charge in [-0.25, -0.2) is 4.79 Å². The van der Waals surface area contributed by atoms with Crippen LogP contribution in [0.3, 0.4) is 0 Å². The number of amides is 1. The van der Waals surface area contributed by atoms with Gasteiger partial charge >= 0.3 is 6.09 Å². The molecule has 1 aromatic rings. The fourth-order valence-electron chi connectivity index (χ4n) is 3.00. The van der Waals surface area contributed by atoms with E-state index in [-0.39, 0.29) is 12.1 Å². The SMILES string of the molecule is CC(C)(C)OC(=O)N1CCN2C(NCc3ccccc3)=NCC2C1. The molecule has 6 nitrogen and oxygen atoms in total. The molecular weight excluding hydrogens is 304 g/mol. The van der Waals surface area contributed by atoms with Gasteiger partial charge in [-0.15, -0.1) is 0 Å². The van der Waals surface area contributed by atoms with Crippen LogP contribution in [0.4, 0.5) is 4.79 Å². The summed E-state index contributed by atoms with van der Waals surface area (Å²) >= 11 is 0. The van der Waals surface area contributed by atoms with Crippen molar-refractivity contribution in [2.45, 2.75) is 39.0 Å². The van der Waals surface area contributed by atoms with Crippen LogP contribution in [0.25, 0.3) is 0 Å². The van der Waals surface area contributed by atoms with Crippen molar-refractivity contribution < 1.29 is 9.53 Å². The smallest absolute Gasteiger partial charge is 0.410 e. The van der Waals surface area contributed by atoms with Gasteiger partial charge in [0.25, 0.3) is 0 Å². The Kier molecular flexibility index (Phi) is 4.64. The molecule has 1 saturated heterocycles. The molecule has 0 spiro atoms. The maximum Gasteiger partial charge on any atom is 0.410 e. The topological polar surface area (TPSA) is 57.2 Å². The van der Waals surface area contributed by atoms with Crippen molar-refractivity contribution in [3.05, 3.63) is 35.9 Å². The Morgan fingerprint density at radius 3 is 2.75 bits per heavy atom. The summed E-state index contributed by atoms with van der Waals surface area (Å²) in [5.74, 6) is 0.938. The van der Waals surface area contributed by atoms with Gasteiger partial charge in [0.05, 0.1) is 12.6 Å². The summed E-state index contributed by atoms with van der Waals surface area (Å²) in [7, 11) is 0. The number of guanidine groups is 1. The molecule has 2 aliphatic rings. The summed E-state index contributed by atoms with van der Waals surface area (Å²) in [6.07, 6.45) is -0.229. The highest BCUT2D eigenvalue weighted by Gasteiger charge is 2.36. The summed E-state index contributed by atoms with van der Waals surface area (Å²) in [4.78, 5) is 20.9. The fraction of sp³-hybridized carbons (Fsp3) is 0.556. The maximum absolute atomic E-state index is 12.2. The normalized spacial score (nSPS) is 20.5. The van der Waals surface area contributed by atoms with E-state index in [1.54, 1.807) is 4.90 Å². The van der Waals surface area contributed by atoms with Crippen molar-refractivity contribution in [2.24, 2.45) is 4.99 Å². The average molecular weight is 330 g/mol. The maximum atomic E-state index is 12.2. The zero-order chi connectivity index (χ0) is 17.2. The Morgan fingerprint density at radius 1 is 1.29 bits per heavy atom. The quantitative estimate of drug-likeness (QED) is 0.902. The molecule has 3 rings (SSSR count). The summed E-state index contributed by atoms with van der Waals surface area (Å²) in [6.45, 7) is 9.27. The Morgan fingerprint density at radius 2 is 2.04 bits per heavy atom. The second-order valence-corrected chi connectivity index (χ2v) is 7.28. The number of hydrogen-bond donors (Lipinski definition) is 1. The Hall–Kier alpha value is -2.24. The van der Waals surface area contributed by atoms with Crippen LogP contribution in [0.2, 0.25) is 0 Å². The molecule has 0 aliphatic carbocycles.